The number of halogens is 1. The lowest BCUT2D eigenvalue weighted by atomic mass is 10.0. The van der Waals surface area contributed by atoms with Gasteiger partial charge in [-0.1, -0.05) is 25.5 Å². The van der Waals surface area contributed by atoms with Gasteiger partial charge in [-0.05, 0) is 30.9 Å². The van der Waals surface area contributed by atoms with Crippen molar-refractivity contribution in [3.8, 4) is 0 Å². The van der Waals surface area contributed by atoms with E-state index in [9.17, 15) is 9.18 Å². The highest BCUT2D eigenvalue weighted by Gasteiger charge is 2.10. The van der Waals surface area contributed by atoms with E-state index in [1.54, 1.807) is 12.1 Å². The molecule has 1 rings (SSSR count). The summed E-state index contributed by atoms with van der Waals surface area (Å²) in [5.74, 6) is -0.209. The van der Waals surface area contributed by atoms with Crippen LogP contribution in [0.25, 0.3) is 0 Å². The lowest BCUT2D eigenvalue weighted by molar-refractivity contribution is 0.236. The molecule has 0 fully saturated rings. The average molecular weight is 268 g/mol. The number of amides is 2. The summed E-state index contributed by atoms with van der Waals surface area (Å²) >= 11 is 0. The summed E-state index contributed by atoms with van der Waals surface area (Å²) in [4.78, 5) is 11.6. The Balaban J connectivity index is 2.40. The van der Waals surface area contributed by atoms with Crippen molar-refractivity contribution in [1.29, 1.82) is 0 Å². The second-order valence-electron chi connectivity index (χ2n) is 4.48. The molecule has 3 N–H and O–H groups in total. The van der Waals surface area contributed by atoms with E-state index in [0.717, 1.165) is 12.8 Å². The lowest BCUT2D eigenvalue weighted by Crippen LogP contribution is -2.33. The third-order valence-electron chi connectivity index (χ3n) is 2.91. The van der Waals surface area contributed by atoms with Crippen LogP contribution in [0, 0.1) is 11.7 Å². The second-order valence-corrected chi connectivity index (χ2v) is 4.48. The zero-order valence-corrected chi connectivity index (χ0v) is 11.2. The first kappa shape index (κ1) is 15.4. The maximum Gasteiger partial charge on any atom is 0.319 e. The molecule has 0 spiro atoms. The Bertz CT molecular complexity index is 393. The van der Waals surface area contributed by atoms with E-state index < -0.39 is 11.8 Å². The van der Waals surface area contributed by atoms with Crippen LogP contribution >= 0.6 is 0 Å². The molecule has 0 aliphatic carbocycles. The molecule has 0 aliphatic rings. The normalized spacial score (nSPS) is 11.9. The van der Waals surface area contributed by atoms with Crippen LogP contribution in [0.4, 0.5) is 14.9 Å². The highest BCUT2D eigenvalue weighted by molar-refractivity contribution is 5.89. The van der Waals surface area contributed by atoms with Crippen LogP contribution in [0.15, 0.2) is 24.3 Å². The van der Waals surface area contributed by atoms with Crippen LogP contribution < -0.4 is 10.6 Å². The average Bonchev–Trinajstić information content (AvgIpc) is 2.39. The quantitative estimate of drug-likeness (QED) is 0.712. The van der Waals surface area contributed by atoms with E-state index in [-0.39, 0.29) is 18.2 Å². The number of benzene rings is 1. The summed E-state index contributed by atoms with van der Waals surface area (Å²) in [7, 11) is 0. The Morgan fingerprint density at radius 2 is 2.11 bits per heavy atom. The summed E-state index contributed by atoms with van der Waals surface area (Å²) in [5, 5.41) is 14.1. The number of hydrogen-bond donors (Lipinski definition) is 3. The van der Waals surface area contributed by atoms with Gasteiger partial charge in [0.1, 0.15) is 5.82 Å². The van der Waals surface area contributed by atoms with Crippen molar-refractivity contribution < 1.29 is 14.3 Å². The molecule has 1 aromatic rings. The van der Waals surface area contributed by atoms with Crippen LogP contribution in [-0.2, 0) is 0 Å². The van der Waals surface area contributed by atoms with Crippen LogP contribution in [0.3, 0.4) is 0 Å². The maximum atomic E-state index is 13.3. The fraction of sp³-hybridized carbons (Fsp3) is 0.500. The number of aliphatic hydroxyl groups is 1. The molecular formula is C14H21FN2O2. The van der Waals surface area contributed by atoms with Crippen LogP contribution in [-0.4, -0.2) is 24.3 Å². The monoisotopic (exact) mass is 268 g/mol. The van der Waals surface area contributed by atoms with Crippen LogP contribution in [0.2, 0.25) is 0 Å². The van der Waals surface area contributed by atoms with Gasteiger partial charge in [0.25, 0.3) is 0 Å². The molecule has 0 saturated carbocycles. The van der Waals surface area contributed by atoms with Crippen molar-refractivity contribution in [2.24, 2.45) is 5.92 Å². The standard InChI is InChI=1S/C14H21FN2O2/c1-2-5-11(8-9-18)10-16-14(19)17-13-7-4-3-6-12(13)15/h3-4,6-7,11,18H,2,5,8-10H2,1H3,(H2,16,17,19). The SMILES string of the molecule is CCCC(CCO)CNC(=O)Nc1ccccc1F. The van der Waals surface area contributed by atoms with Gasteiger partial charge < -0.3 is 15.7 Å². The van der Waals surface area contributed by atoms with Crippen molar-refractivity contribution in [2.45, 2.75) is 26.2 Å². The van der Waals surface area contributed by atoms with Crippen molar-refractivity contribution in [2.75, 3.05) is 18.5 Å². The number of hydrogen-bond acceptors (Lipinski definition) is 2. The van der Waals surface area contributed by atoms with Crippen molar-refractivity contribution >= 4 is 11.7 Å². The molecule has 1 atom stereocenters. The summed E-state index contributed by atoms with van der Waals surface area (Å²) in [6.45, 7) is 2.65. The van der Waals surface area contributed by atoms with Crippen molar-refractivity contribution in [1.82, 2.24) is 5.32 Å². The third kappa shape index (κ3) is 5.70. The van der Waals surface area contributed by atoms with E-state index in [4.69, 9.17) is 5.11 Å². The molecule has 0 saturated heterocycles. The number of carbonyl (C=O) groups excluding carboxylic acids is 1. The van der Waals surface area contributed by atoms with E-state index in [0.29, 0.717) is 13.0 Å². The predicted molar refractivity (Wildman–Crippen MR) is 73.5 cm³/mol. The van der Waals surface area contributed by atoms with Crippen molar-refractivity contribution in [3.05, 3.63) is 30.1 Å². The van der Waals surface area contributed by atoms with Gasteiger partial charge in [0, 0.05) is 13.2 Å². The zero-order valence-electron chi connectivity index (χ0n) is 11.2. The molecule has 5 heteroatoms. The first-order valence-corrected chi connectivity index (χ1v) is 6.57. The number of carbonyl (C=O) groups is 1. The fourth-order valence-corrected chi connectivity index (χ4v) is 1.91. The summed E-state index contributed by atoms with van der Waals surface area (Å²) in [6.07, 6.45) is 2.61. The second kappa shape index (κ2) is 8.48. The molecule has 0 radical (unpaired) electrons. The minimum Gasteiger partial charge on any atom is -0.396 e. The molecule has 106 valence electrons. The van der Waals surface area contributed by atoms with Gasteiger partial charge in [0.15, 0.2) is 0 Å². The van der Waals surface area contributed by atoms with Crippen molar-refractivity contribution in [3.63, 3.8) is 0 Å². The molecular weight excluding hydrogens is 247 g/mol. The molecule has 0 aliphatic heterocycles. The number of para-hydroxylation sites is 1. The predicted octanol–water partition coefficient (Wildman–Crippen LogP) is 2.75. The molecule has 0 aromatic heterocycles. The highest BCUT2D eigenvalue weighted by atomic mass is 19.1. The van der Waals surface area contributed by atoms with E-state index >= 15 is 0 Å². The van der Waals surface area contributed by atoms with Crippen LogP contribution in [0.1, 0.15) is 26.2 Å². The summed E-state index contributed by atoms with van der Waals surface area (Å²) < 4.78 is 13.3. The molecule has 0 bridgehead atoms. The topological polar surface area (TPSA) is 61.4 Å². The highest BCUT2D eigenvalue weighted by Crippen LogP contribution is 2.12. The van der Waals surface area contributed by atoms with E-state index in [1.807, 2.05) is 0 Å². The molecule has 19 heavy (non-hydrogen) atoms. The molecule has 2 amide bonds. The molecule has 1 unspecified atom stereocenters. The number of urea groups is 1. The Morgan fingerprint density at radius 1 is 1.37 bits per heavy atom. The summed E-state index contributed by atoms with van der Waals surface area (Å²) in [5.41, 5.74) is 0.161. The Labute approximate surface area is 113 Å². The maximum absolute atomic E-state index is 13.3. The van der Waals surface area contributed by atoms with E-state index in [1.165, 1.54) is 12.1 Å². The zero-order chi connectivity index (χ0) is 14.1. The first-order valence-electron chi connectivity index (χ1n) is 6.57. The number of anilines is 1. The lowest BCUT2D eigenvalue weighted by Gasteiger charge is -2.16. The van der Waals surface area contributed by atoms with Gasteiger partial charge in [-0.3, -0.25) is 0 Å². The molecule has 0 heterocycles. The Kier molecular flexibility index (Phi) is 6.89. The van der Waals surface area contributed by atoms with E-state index in [2.05, 4.69) is 17.6 Å². The molecule has 1 aromatic carbocycles. The largest absolute Gasteiger partial charge is 0.396 e. The van der Waals surface area contributed by atoms with Gasteiger partial charge in [0.05, 0.1) is 5.69 Å². The molecule has 4 nitrogen and oxygen atoms in total. The van der Waals surface area contributed by atoms with Gasteiger partial charge in [-0.2, -0.15) is 0 Å². The Hall–Kier alpha value is -1.62. The smallest absolute Gasteiger partial charge is 0.319 e. The first-order chi connectivity index (χ1) is 9.17. The summed E-state index contributed by atoms with van der Waals surface area (Å²) in [6, 6.07) is 5.60. The van der Waals surface area contributed by atoms with Gasteiger partial charge in [-0.25, -0.2) is 9.18 Å². The van der Waals surface area contributed by atoms with Gasteiger partial charge in [-0.15, -0.1) is 0 Å². The number of rotatable bonds is 7. The van der Waals surface area contributed by atoms with Gasteiger partial charge >= 0.3 is 6.03 Å². The third-order valence-corrected chi connectivity index (χ3v) is 2.91. The number of aliphatic hydroxyl groups excluding tert-OH is 1. The van der Waals surface area contributed by atoms with Crippen LogP contribution in [0.5, 0.6) is 0 Å². The fourth-order valence-electron chi connectivity index (χ4n) is 1.91. The minimum atomic E-state index is -0.460. The Morgan fingerprint density at radius 3 is 2.74 bits per heavy atom. The minimum absolute atomic E-state index is 0.112. The number of nitrogens with one attached hydrogen (secondary N) is 2. The van der Waals surface area contributed by atoms with Gasteiger partial charge in [0.2, 0.25) is 0 Å².